The third-order valence-electron chi connectivity index (χ3n) is 6.88. The fourth-order valence-corrected chi connectivity index (χ4v) is 4.88. The molecule has 1 saturated carbocycles. The quantitative estimate of drug-likeness (QED) is 0.532. The summed E-state index contributed by atoms with van der Waals surface area (Å²) in [5.41, 5.74) is 4.30. The minimum absolute atomic E-state index is 0.159. The third kappa shape index (κ3) is 3.41. The minimum Gasteiger partial charge on any atom is -0.334 e. The molecule has 0 unspecified atom stereocenters. The molecule has 0 atom stereocenters. The van der Waals surface area contributed by atoms with Crippen LogP contribution in [0, 0.1) is 10.8 Å². The summed E-state index contributed by atoms with van der Waals surface area (Å²) in [7, 11) is 0. The molecule has 4 heteroatoms. The molecule has 0 saturated heterocycles. The van der Waals surface area contributed by atoms with Crippen molar-refractivity contribution >= 4 is 5.78 Å². The predicted molar refractivity (Wildman–Crippen MR) is 113 cm³/mol. The van der Waals surface area contributed by atoms with Gasteiger partial charge in [-0.25, -0.2) is 0 Å². The Morgan fingerprint density at radius 1 is 0.897 bits per heavy atom. The monoisotopic (exact) mass is 386 g/mol. The highest BCUT2D eigenvalue weighted by atomic mass is 16.5. The van der Waals surface area contributed by atoms with E-state index in [1.54, 1.807) is 0 Å². The van der Waals surface area contributed by atoms with Crippen molar-refractivity contribution < 1.29 is 9.32 Å². The van der Waals surface area contributed by atoms with E-state index < -0.39 is 0 Å². The number of nitrogens with zero attached hydrogens (tertiary/aromatic N) is 2. The van der Waals surface area contributed by atoms with Gasteiger partial charge >= 0.3 is 0 Å². The number of Topliss-reactive ketones (excluding diaryl/α,β-unsaturated/α-hetero) is 1. The van der Waals surface area contributed by atoms with Gasteiger partial charge in [-0.1, -0.05) is 55.4 Å². The lowest BCUT2D eigenvalue weighted by molar-refractivity contribution is 0.0658. The summed E-state index contributed by atoms with van der Waals surface area (Å²) in [6.45, 7) is 4.69. The van der Waals surface area contributed by atoms with Gasteiger partial charge in [0.05, 0.1) is 0 Å². The van der Waals surface area contributed by atoms with Crippen LogP contribution in [0.25, 0.3) is 22.8 Å². The van der Waals surface area contributed by atoms with E-state index in [0.717, 1.165) is 36.0 Å². The van der Waals surface area contributed by atoms with Gasteiger partial charge in [0.25, 0.3) is 5.89 Å². The number of fused-ring (bicyclic) bond motifs is 1. The van der Waals surface area contributed by atoms with E-state index in [9.17, 15) is 4.79 Å². The zero-order valence-electron chi connectivity index (χ0n) is 17.1. The van der Waals surface area contributed by atoms with Crippen LogP contribution >= 0.6 is 0 Å². The summed E-state index contributed by atoms with van der Waals surface area (Å²) in [6.07, 6.45) is 6.38. The average Bonchev–Trinajstić information content (AvgIpc) is 3.22. The lowest BCUT2D eigenvalue weighted by Crippen LogP contribution is -2.38. The van der Waals surface area contributed by atoms with Crippen LogP contribution in [0.3, 0.4) is 0 Å². The molecule has 1 heterocycles. The maximum absolute atomic E-state index is 13.1. The van der Waals surface area contributed by atoms with Gasteiger partial charge in [-0.2, -0.15) is 4.98 Å². The molecule has 0 bridgehead atoms. The molecule has 0 aliphatic heterocycles. The summed E-state index contributed by atoms with van der Waals surface area (Å²) < 4.78 is 5.49. The van der Waals surface area contributed by atoms with Gasteiger partial charge in [0, 0.05) is 23.1 Å². The molecular formula is C25H26N2O2. The largest absolute Gasteiger partial charge is 0.334 e. The second-order valence-corrected chi connectivity index (χ2v) is 9.60. The molecule has 3 aromatic rings. The zero-order valence-corrected chi connectivity index (χ0v) is 17.1. The highest BCUT2D eigenvalue weighted by Gasteiger charge is 2.43. The molecule has 0 N–H and O–H groups in total. The van der Waals surface area contributed by atoms with Crippen LogP contribution in [0.5, 0.6) is 0 Å². The number of rotatable bonds is 2. The first kappa shape index (κ1) is 18.3. The first-order valence-corrected chi connectivity index (χ1v) is 10.5. The summed E-state index contributed by atoms with van der Waals surface area (Å²) in [5.74, 6) is 1.28. The molecule has 2 aromatic carbocycles. The van der Waals surface area contributed by atoms with Crippen molar-refractivity contribution in [2.24, 2.45) is 10.8 Å². The average molecular weight is 386 g/mol. The van der Waals surface area contributed by atoms with Gasteiger partial charge in [-0.05, 0) is 60.6 Å². The molecule has 29 heavy (non-hydrogen) atoms. The van der Waals surface area contributed by atoms with Crippen LogP contribution in [0.15, 0.2) is 53.1 Å². The first-order valence-electron chi connectivity index (χ1n) is 10.5. The van der Waals surface area contributed by atoms with E-state index >= 15 is 0 Å². The van der Waals surface area contributed by atoms with Crippen molar-refractivity contribution in [1.29, 1.82) is 0 Å². The second-order valence-electron chi connectivity index (χ2n) is 9.60. The molecule has 1 aromatic heterocycles. The van der Waals surface area contributed by atoms with Gasteiger partial charge in [-0.15, -0.1) is 0 Å². The van der Waals surface area contributed by atoms with E-state index in [1.807, 2.05) is 42.5 Å². The Balaban J connectivity index is 1.42. The number of hydrogen-bond acceptors (Lipinski definition) is 4. The van der Waals surface area contributed by atoms with Gasteiger partial charge in [0.15, 0.2) is 5.78 Å². The SMILES string of the molecule is CC1(C)CCC2(CC1)CC(=O)c1cc(-c3nc(-c4ccccc4)no3)ccc1C2. The maximum Gasteiger partial charge on any atom is 0.258 e. The number of carbonyl (C=O) groups excluding carboxylic acids is 1. The van der Waals surface area contributed by atoms with Crippen LogP contribution < -0.4 is 0 Å². The molecule has 148 valence electrons. The highest BCUT2D eigenvalue weighted by Crippen LogP contribution is 2.51. The summed E-state index contributed by atoms with van der Waals surface area (Å²) in [4.78, 5) is 17.6. The highest BCUT2D eigenvalue weighted by molar-refractivity contribution is 6.00. The third-order valence-corrected chi connectivity index (χ3v) is 6.88. The van der Waals surface area contributed by atoms with E-state index in [1.165, 1.54) is 18.4 Å². The van der Waals surface area contributed by atoms with Crippen molar-refractivity contribution in [2.45, 2.75) is 52.4 Å². The molecule has 0 radical (unpaired) electrons. The Hall–Kier alpha value is -2.75. The van der Waals surface area contributed by atoms with E-state index in [4.69, 9.17) is 4.52 Å². The van der Waals surface area contributed by atoms with Crippen LogP contribution in [0.2, 0.25) is 0 Å². The summed E-state index contributed by atoms with van der Waals surface area (Å²) in [6, 6.07) is 15.8. The van der Waals surface area contributed by atoms with Gasteiger partial charge in [0.2, 0.25) is 5.82 Å². The molecule has 1 spiro atoms. The number of carbonyl (C=O) groups is 1. The van der Waals surface area contributed by atoms with Crippen LogP contribution in [-0.2, 0) is 6.42 Å². The topological polar surface area (TPSA) is 56.0 Å². The Labute approximate surface area is 171 Å². The number of benzene rings is 2. The molecule has 2 aliphatic carbocycles. The Kier molecular flexibility index (Phi) is 4.19. The van der Waals surface area contributed by atoms with Crippen molar-refractivity contribution in [3.05, 3.63) is 59.7 Å². The van der Waals surface area contributed by atoms with Gasteiger partial charge in [-0.3, -0.25) is 4.79 Å². The normalized spacial score (nSPS) is 19.9. The second kappa shape index (κ2) is 6.65. The van der Waals surface area contributed by atoms with Crippen molar-refractivity contribution in [1.82, 2.24) is 10.1 Å². The Bertz CT molecular complexity index is 1060. The van der Waals surface area contributed by atoms with Crippen molar-refractivity contribution in [3.63, 3.8) is 0 Å². The van der Waals surface area contributed by atoms with Crippen molar-refractivity contribution in [2.75, 3.05) is 0 Å². The smallest absolute Gasteiger partial charge is 0.258 e. The molecule has 5 rings (SSSR count). The van der Waals surface area contributed by atoms with Crippen LogP contribution in [-0.4, -0.2) is 15.9 Å². The van der Waals surface area contributed by atoms with Crippen LogP contribution in [0.4, 0.5) is 0 Å². The van der Waals surface area contributed by atoms with Gasteiger partial charge in [0.1, 0.15) is 0 Å². The molecule has 1 fully saturated rings. The van der Waals surface area contributed by atoms with Crippen LogP contribution in [0.1, 0.15) is 61.9 Å². The van der Waals surface area contributed by atoms with Crippen molar-refractivity contribution in [3.8, 4) is 22.8 Å². The summed E-state index contributed by atoms with van der Waals surface area (Å²) in [5, 5.41) is 4.10. The first-order chi connectivity index (χ1) is 13.9. The lowest BCUT2D eigenvalue weighted by atomic mass is 9.59. The Morgan fingerprint density at radius 2 is 1.66 bits per heavy atom. The minimum atomic E-state index is 0.159. The number of aromatic nitrogens is 2. The summed E-state index contributed by atoms with van der Waals surface area (Å²) >= 11 is 0. The standard InChI is InChI=1S/C25H26N2O2/c1-24(2)10-12-25(13-11-24)15-19-9-8-18(14-20(19)21(28)16-25)23-26-22(27-29-23)17-6-4-3-5-7-17/h3-9,14H,10-13,15-16H2,1-2H3. The Morgan fingerprint density at radius 3 is 2.41 bits per heavy atom. The van der Waals surface area contributed by atoms with Gasteiger partial charge < -0.3 is 4.52 Å². The van der Waals surface area contributed by atoms with E-state index in [-0.39, 0.29) is 11.2 Å². The number of hydrogen-bond donors (Lipinski definition) is 0. The lowest BCUT2D eigenvalue weighted by Gasteiger charge is -2.45. The molecular weight excluding hydrogens is 360 g/mol. The maximum atomic E-state index is 13.1. The molecule has 4 nitrogen and oxygen atoms in total. The fourth-order valence-electron chi connectivity index (χ4n) is 4.88. The molecule has 0 amide bonds. The fraction of sp³-hybridized carbons (Fsp3) is 0.400. The zero-order chi connectivity index (χ0) is 20.1. The van der Waals surface area contributed by atoms with E-state index in [0.29, 0.717) is 23.6 Å². The molecule has 2 aliphatic rings. The van der Waals surface area contributed by atoms with E-state index in [2.05, 4.69) is 30.1 Å². The predicted octanol–water partition coefficient (Wildman–Crippen LogP) is 6.12. The number of ketones is 1.